The molecule has 0 radical (unpaired) electrons. The Balaban J connectivity index is 3.02. The molecule has 1 rings (SSSR count). The van der Waals surface area contributed by atoms with Crippen LogP contribution in [-0.4, -0.2) is 6.61 Å². The first-order valence-corrected chi connectivity index (χ1v) is 5.89. The van der Waals surface area contributed by atoms with E-state index in [0.717, 1.165) is 5.56 Å². The Hall–Kier alpha value is -1.24. The fourth-order valence-corrected chi connectivity index (χ4v) is 1.71. The van der Waals surface area contributed by atoms with E-state index in [0.29, 0.717) is 17.4 Å². The van der Waals surface area contributed by atoms with Crippen LogP contribution in [0, 0.1) is 16.7 Å². The van der Waals surface area contributed by atoms with Crippen LogP contribution in [0.25, 0.3) is 0 Å². The van der Waals surface area contributed by atoms with Crippen molar-refractivity contribution in [1.82, 2.24) is 0 Å². The Morgan fingerprint density at radius 2 is 2.18 bits per heavy atom. The summed E-state index contributed by atoms with van der Waals surface area (Å²) in [7, 11) is 0. The van der Waals surface area contributed by atoms with Gasteiger partial charge in [0.15, 0.2) is 0 Å². The minimum Gasteiger partial charge on any atom is -0.492 e. The molecule has 1 atom stereocenters. The first-order chi connectivity index (χ1) is 7.92. The number of hydrogen-bond acceptors (Lipinski definition) is 3. The topological polar surface area (TPSA) is 59.0 Å². The van der Waals surface area contributed by atoms with Crippen molar-refractivity contribution >= 4 is 11.6 Å². The summed E-state index contributed by atoms with van der Waals surface area (Å²) in [5.74, 6) is 0.639. The van der Waals surface area contributed by atoms with Gasteiger partial charge in [-0.3, -0.25) is 0 Å². The lowest BCUT2D eigenvalue weighted by atomic mass is 9.82. The number of ether oxygens (including phenoxy) is 1. The van der Waals surface area contributed by atoms with E-state index in [2.05, 4.69) is 6.07 Å². The molecule has 0 aromatic heterocycles. The number of nitrogens with zero attached hydrogens (tertiary/aromatic N) is 1. The third kappa shape index (κ3) is 3.12. The molecule has 0 heterocycles. The molecule has 1 aromatic carbocycles. The number of halogens is 1. The van der Waals surface area contributed by atoms with Crippen LogP contribution in [0.4, 0.5) is 0 Å². The predicted octanol–water partition coefficient (Wildman–Crippen LogP) is 3.29. The van der Waals surface area contributed by atoms with Gasteiger partial charge in [-0.15, -0.1) is 0 Å². The van der Waals surface area contributed by atoms with Crippen LogP contribution < -0.4 is 10.5 Å². The highest BCUT2D eigenvalue weighted by Gasteiger charge is 2.27. The Morgan fingerprint density at radius 1 is 1.53 bits per heavy atom. The maximum atomic E-state index is 9.05. The van der Waals surface area contributed by atoms with E-state index in [4.69, 9.17) is 27.3 Å². The minimum atomic E-state index is -0.629. The van der Waals surface area contributed by atoms with Crippen LogP contribution in [0.5, 0.6) is 5.75 Å². The molecule has 17 heavy (non-hydrogen) atoms. The fraction of sp³-hybridized carbons (Fsp3) is 0.462. The van der Waals surface area contributed by atoms with Crippen molar-refractivity contribution in [1.29, 1.82) is 5.26 Å². The van der Waals surface area contributed by atoms with Gasteiger partial charge in [-0.1, -0.05) is 17.7 Å². The molecule has 0 spiro atoms. The zero-order valence-electron chi connectivity index (χ0n) is 10.3. The van der Waals surface area contributed by atoms with Crippen molar-refractivity contribution in [2.45, 2.75) is 26.8 Å². The average Bonchev–Trinajstić information content (AvgIpc) is 2.31. The van der Waals surface area contributed by atoms with Crippen molar-refractivity contribution in [3.8, 4) is 11.8 Å². The monoisotopic (exact) mass is 252 g/mol. The summed E-state index contributed by atoms with van der Waals surface area (Å²) in [6, 6.07) is 7.22. The Labute approximate surface area is 107 Å². The highest BCUT2D eigenvalue weighted by atomic mass is 35.5. The molecule has 1 unspecified atom stereocenters. The third-order valence-electron chi connectivity index (χ3n) is 2.68. The van der Waals surface area contributed by atoms with Gasteiger partial charge in [0.1, 0.15) is 5.75 Å². The molecule has 0 aliphatic rings. The summed E-state index contributed by atoms with van der Waals surface area (Å²) in [5, 5.41) is 9.57. The SMILES string of the molecule is CCOc1ccc(C(N)C(C)(C)C#N)cc1Cl. The van der Waals surface area contributed by atoms with E-state index < -0.39 is 5.41 Å². The van der Waals surface area contributed by atoms with Crippen LogP contribution in [0.15, 0.2) is 18.2 Å². The molecule has 0 aliphatic heterocycles. The van der Waals surface area contributed by atoms with Crippen LogP contribution >= 0.6 is 11.6 Å². The van der Waals surface area contributed by atoms with E-state index in [1.54, 1.807) is 12.1 Å². The van der Waals surface area contributed by atoms with Gasteiger partial charge in [0.2, 0.25) is 0 Å². The average molecular weight is 253 g/mol. The predicted molar refractivity (Wildman–Crippen MR) is 68.9 cm³/mol. The second kappa shape index (κ2) is 5.39. The summed E-state index contributed by atoms with van der Waals surface area (Å²) >= 11 is 6.08. The van der Waals surface area contributed by atoms with Gasteiger partial charge in [0, 0.05) is 6.04 Å². The number of hydrogen-bond donors (Lipinski definition) is 1. The lowest BCUT2D eigenvalue weighted by molar-refractivity contribution is 0.339. The van der Waals surface area contributed by atoms with E-state index >= 15 is 0 Å². The lowest BCUT2D eigenvalue weighted by Gasteiger charge is -2.24. The molecule has 2 N–H and O–H groups in total. The van der Waals surface area contributed by atoms with Crippen molar-refractivity contribution in [2.75, 3.05) is 6.61 Å². The molecule has 0 bridgehead atoms. The van der Waals surface area contributed by atoms with E-state index in [1.165, 1.54) is 0 Å². The zero-order valence-corrected chi connectivity index (χ0v) is 11.1. The van der Waals surface area contributed by atoms with Crippen LogP contribution in [0.2, 0.25) is 5.02 Å². The van der Waals surface area contributed by atoms with Crippen molar-refractivity contribution in [3.05, 3.63) is 28.8 Å². The van der Waals surface area contributed by atoms with Gasteiger partial charge in [0.25, 0.3) is 0 Å². The first-order valence-electron chi connectivity index (χ1n) is 5.51. The highest BCUT2D eigenvalue weighted by Crippen LogP contribution is 2.34. The molecule has 0 fully saturated rings. The van der Waals surface area contributed by atoms with Gasteiger partial charge in [0.05, 0.1) is 23.1 Å². The maximum Gasteiger partial charge on any atom is 0.137 e. The number of nitriles is 1. The second-order valence-electron chi connectivity index (χ2n) is 4.43. The molecule has 3 nitrogen and oxygen atoms in total. The number of rotatable bonds is 4. The first kappa shape index (κ1) is 13.8. The summed E-state index contributed by atoms with van der Waals surface area (Å²) in [6.45, 7) is 6.08. The van der Waals surface area contributed by atoms with Crippen LogP contribution in [0.1, 0.15) is 32.4 Å². The molecule has 4 heteroatoms. The fourth-order valence-electron chi connectivity index (χ4n) is 1.47. The van der Waals surface area contributed by atoms with Crippen molar-refractivity contribution in [3.63, 3.8) is 0 Å². The van der Waals surface area contributed by atoms with Gasteiger partial charge in [-0.2, -0.15) is 5.26 Å². The quantitative estimate of drug-likeness (QED) is 0.895. The van der Waals surface area contributed by atoms with Crippen LogP contribution in [0.3, 0.4) is 0 Å². The van der Waals surface area contributed by atoms with Gasteiger partial charge in [-0.25, -0.2) is 0 Å². The van der Waals surface area contributed by atoms with Crippen molar-refractivity contribution < 1.29 is 4.74 Å². The molecular formula is C13H17ClN2O. The van der Waals surface area contributed by atoms with Crippen molar-refractivity contribution in [2.24, 2.45) is 11.1 Å². The smallest absolute Gasteiger partial charge is 0.137 e. The summed E-state index contributed by atoms with van der Waals surface area (Å²) in [6.07, 6.45) is 0. The molecule has 0 saturated heterocycles. The normalized spacial score (nSPS) is 12.9. The molecule has 0 saturated carbocycles. The van der Waals surface area contributed by atoms with Gasteiger partial charge < -0.3 is 10.5 Å². The zero-order chi connectivity index (χ0) is 13.1. The largest absolute Gasteiger partial charge is 0.492 e. The van der Waals surface area contributed by atoms with Crippen LogP contribution in [-0.2, 0) is 0 Å². The second-order valence-corrected chi connectivity index (χ2v) is 4.84. The summed E-state index contributed by atoms with van der Waals surface area (Å²) < 4.78 is 5.35. The Bertz CT molecular complexity index is 438. The number of benzene rings is 1. The highest BCUT2D eigenvalue weighted by molar-refractivity contribution is 6.32. The molecular weight excluding hydrogens is 236 g/mol. The number of nitrogens with two attached hydrogens (primary N) is 1. The maximum absolute atomic E-state index is 9.05. The summed E-state index contributed by atoms with van der Waals surface area (Å²) in [5.41, 5.74) is 6.26. The van der Waals surface area contributed by atoms with E-state index in [1.807, 2.05) is 26.8 Å². The minimum absolute atomic E-state index is 0.374. The molecule has 0 amide bonds. The van der Waals surface area contributed by atoms with E-state index in [-0.39, 0.29) is 6.04 Å². The van der Waals surface area contributed by atoms with E-state index in [9.17, 15) is 0 Å². The molecule has 1 aromatic rings. The Kier molecular flexibility index (Phi) is 4.39. The third-order valence-corrected chi connectivity index (χ3v) is 2.98. The Morgan fingerprint density at radius 3 is 2.65 bits per heavy atom. The standard InChI is InChI=1S/C13H17ClN2O/c1-4-17-11-6-5-9(7-10(11)14)12(16)13(2,3)8-15/h5-7,12H,4,16H2,1-3H3. The summed E-state index contributed by atoms with van der Waals surface area (Å²) in [4.78, 5) is 0. The molecule has 92 valence electrons. The van der Waals surface area contributed by atoms with Gasteiger partial charge >= 0.3 is 0 Å². The molecule has 0 aliphatic carbocycles. The van der Waals surface area contributed by atoms with Gasteiger partial charge in [-0.05, 0) is 38.5 Å². The lowest BCUT2D eigenvalue weighted by Crippen LogP contribution is -2.27.